The van der Waals surface area contributed by atoms with E-state index in [9.17, 15) is 9.59 Å². The maximum atomic E-state index is 13.4. The number of aryl methyl sites for hydroxylation is 1. The maximum absolute atomic E-state index is 13.4. The van der Waals surface area contributed by atoms with E-state index in [2.05, 4.69) is 19.1 Å². The summed E-state index contributed by atoms with van der Waals surface area (Å²) in [5, 5.41) is 0. The molecular weight excluding hydrogens is 402 g/mol. The minimum atomic E-state index is -0.440. The standard InChI is InChI=1S/C27H25NO4/c1-2-18-4-3-17(13-22(18)19-5-7-20(8-6-19)26(28)30)14-25(29)27(11-12-27)21-9-10-23-24(15-21)32-16-31-23/h3-10,13,15H,2,11-12,14,16H2,1H3,(H2,28,30). The van der Waals surface area contributed by atoms with E-state index in [0.29, 0.717) is 12.0 Å². The van der Waals surface area contributed by atoms with Crippen LogP contribution >= 0.6 is 0 Å². The van der Waals surface area contributed by atoms with Crippen LogP contribution in [0.15, 0.2) is 60.7 Å². The molecule has 162 valence electrons. The number of rotatable bonds is 7. The summed E-state index contributed by atoms with van der Waals surface area (Å²) in [4.78, 5) is 24.8. The van der Waals surface area contributed by atoms with Crippen molar-refractivity contribution in [3.63, 3.8) is 0 Å². The Hall–Kier alpha value is -3.60. The Bertz CT molecular complexity index is 1210. The monoisotopic (exact) mass is 427 g/mol. The molecule has 1 aliphatic heterocycles. The predicted molar refractivity (Wildman–Crippen MR) is 122 cm³/mol. The molecule has 2 N–H and O–H groups in total. The van der Waals surface area contributed by atoms with Gasteiger partial charge in [0.15, 0.2) is 11.5 Å². The summed E-state index contributed by atoms with van der Waals surface area (Å²) in [6.07, 6.45) is 2.98. The lowest BCUT2D eigenvalue weighted by molar-refractivity contribution is -0.120. The summed E-state index contributed by atoms with van der Waals surface area (Å²) in [6.45, 7) is 2.34. The molecule has 1 saturated carbocycles. The summed E-state index contributed by atoms with van der Waals surface area (Å²) in [6, 6.07) is 19.4. The first-order valence-electron chi connectivity index (χ1n) is 11.0. The molecule has 0 spiro atoms. The van der Waals surface area contributed by atoms with Gasteiger partial charge in [-0.1, -0.05) is 43.3 Å². The van der Waals surface area contributed by atoms with Crippen LogP contribution in [0.4, 0.5) is 0 Å². The third-order valence-electron chi connectivity index (χ3n) is 6.61. The van der Waals surface area contributed by atoms with E-state index in [1.54, 1.807) is 12.1 Å². The van der Waals surface area contributed by atoms with Gasteiger partial charge in [-0.3, -0.25) is 9.59 Å². The molecule has 1 aliphatic carbocycles. The second-order valence-electron chi connectivity index (χ2n) is 8.54. The molecule has 0 aromatic heterocycles. The highest BCUT2D eigenvalue weighted by Crippen LogP contribution is 2.51. The minimum Gasteiger partial charge on any atom is -0.454 e. The zero-order chi connectivity index (χ0) is 22.3. The predicted octanol–water partition coefficient (Wildman–Crippen LogP) is 4.59. The lowest BCUT2D eigenvalue weighted by atomic mass is 9.86. The number of benzene rings is 3. The number of primary amides is 1. The van der Waals surface area contributed by atoms with E-state index in [-0.39, 0.29) is 12.6 Å². The number of ether oxygens (including phenoxy) is 2. The van der Waals surface area contributed by atoms with Crippen molar-refractivity contribution < 1.29 is 19.1 Å². The lowest BCUT2D eigenvalue weighted by Gasteiger charge is -2.16. The van der Waals surface area contributed by atoms with Crippen LogP contribution in [0.25, 0.3) is 11.1 Å². The molecule has 3 aromatic rings. The Balaban J connectivity index is 1.41. The summed E-state index contributed by atoms with van der Waals surface area (Å²) >= 11 is 0. The highest BCUT2D eigenvalue weighted by atomic mass is 16.7. The summed E-state index contributed by atoms with van der Waals surface area (Å²) in [5.74, 6) is 1.25. The van der Waals surface area contributed by atoms with E-state index < -0.39 is 11.3 Å². The van der Waals surface area contributed by atoms with Gasteiger partial charge in [0.25, 0.3) is 0 Å². The molecule has 1 heterocycles. The third kappa shape index (κ3) is 3.54. The number of ketones is 1. The number of hydrogen-bond donors (Lipinski definition) is 1. The number of carbonyl (C=O) groups is 2. The van der Waals surface area contributed by atoms with Gasteiger partial charge in [0.2, 0.25) is 12.7 Å². The number of fused-ring (bicyclic) bond motifs is 1. The van der Waals surface area contributed by atoms with Gasteiger partial charge in [0.1, 0.15) is 5.78 Å². The van der Waals surface area contributed by atoms with Crippen LogP contribution in [0.3, 0.4) is 0 Å². The fraction of sp³-hybridized carbons (Fsp3) is 0.259. The Labute approximate surface area is 187 Å². The molecule has 0 atom stereocenters. The average Bonchev–Trinajstić information content (AvgIpc) is 3.50. The largest absolute Gasteiger partial charge is 0.454 e. The van der Waals surface area contributed by atoms with Crippen LogP contribution < -0.4 is 15.2 Å². The summed E-state index contributed by atoms with van der Waals surface area (Å²) in [7, 11) is 0. The van der Waals surface area contributed by atoms with E-state index >= 15 is 0 Å². The fourth-order valence-corrected chi connectivity index (χ4v) is 4.53. The molecule has 1 fully saturated rings. The van der Waals surface area contributed by atoms with Gasteiger partial charge in [-0.15, -0.1) is 0 Å². The first kappa shape index (κ1) is 20.3. The topological polar surface area (TPSA) is 78.6 Å². The molecule has 0 saturated heterocycles. The van der Waals surface area contributed by atoms with E-state index in [4.69, 9.17) is 15.2 Å². The van der Waals surface area contributed by atoms with Gasteiger partial charge < -0.3 is 15.2 Å². The van der Waals surface area contributed by atoms with Crippen molar-refractivity contribution in [1.29, 1.82) is 0 Å². The quantitative estimate of drug-likeness (QED) is 0.598. The van der Waals surface area contributed by atoms with Crippen LogP contribution in [-0.4, -0.2) is 18.5 Å². The summed E-state index contributed by atoms with van der Waals surface area (Å²) < 4.78 is 10.9. The van der Waals surface area contributed by atoms with Crippen molar-refractivity contribution in [2.45, 2.75) is 38.0 Å². The molecule has 0 bridgehead atoms. The minimum absolute atomic E-state index is 0.229. The zero-order valence-corrected chi connectivity index (χ0v) is 18.0. The van der Waals surface area contributed by atoms with Crippen LogP contribution in [0.1, 0.15) is 46.8 Å². The van der Waals surface area contributed by atoms with Crippen LogP contribution in [0, 0.1) is 0 Å². The number of amides is 1. The molecule has 32 heavy (non-hydrogen) atoms. The first-order valence-corrected chi connectivity index (χ1v) is 11.0. The van der Waals surface area contributed by atoms with Crippen LogP contribution in [0.2, 0.25) is 0 Å². The Morgan fingerprint density at radius 1 is 0.938 bits per heavy atom. The van der Waals surface area contributed by atoms with Crippen molar-refractivity contribution in [1.82, 2.24) is 0 Å². The van der Waals surface area contributed by atoms with Gasteiger partial charge in [-0.25, -0.2) is 0 Å². The van der Waals surface area contributed by atoms with Crippen LogP contribution in [-0.2, 0) is 23.1 Å². The summed E-state index contributed by atoms with van der Waals surface area (Å²) in [5.41, 5.74) is 10.7. The van der Waals surface area contributed by atoms with E-state index in [0.717, 1.165) is 53.0 Å². The normalized spacial score (nSPS) is 15.4. The third-order valence-corrected chi connectivity index (χ3v) is 6.61. The van der Waals surface area contributed by atoms with Crippen molar-refractivity contribution in [2.24, 2.45) is 5.73 Å². The van der Waals surface area contributed by atoms with Crippen LogP contribution in [0.5, 0.6) is 11.5 Å². The molecule has 0 radical (unpaired) electrons. The molecule has 5 heteroatoms. The molecule has 5 rings (SSSR count). The molecule has 5 nitrogen and oxygen atoms in total. The van der Waals surface area contributed by atoms with Gasteiger partial charge >= 0.3 is 0 Å². The van der Waals surface area contributed by atoms with E-state index in [1.807, 2.05) is 36.4 Å². The van der Waals surface area contributed by atoms with Gasteiger partial charge in [-0.05, 0) is 71.3 Å². The van der Waals surface area contributed by atoms with Gasteiger partial charge in [0, 0.05) is 12.0 Å². The number of hydrogen-bond acceptors (Lipinski definition) is 4. The molecule has 1 amide bonds. The Morgan fingerprint density at radius 3 is 2.38 bits per heavy atom. The molecule has 3 aromatic carbocycles. The number of Topliss-reactive ketones (excluding diaryl/α,β-unsaturated/α-hetero) is 1. The first-order chi connectivity index (χ1) is 15.5. The smallest absolute Gasteiger partial charge is 0.248 e. The van der Waals surface area contributed by atoms with Crippen molar-refractivity contribution in [3.05, 3.63) is 82.9 Å². The SMILES string of the molecule is CCc1ccc(CC(=O)C2(c3ccc4c(c3)OCO4)CC2)cc1-c1ccc(C(N)=O)cc1. The number of carbonyl (C=O) groups excluding carboxylic acids is 2. The molecular formula is C27H25NO4. The molecule has 0 unspecified atom stereocenters. The van der Waals surface area contributed by atoms with Crippen molar-refractivity contribution in [2.75, 3.05) is 6.79 Å². The highest BCUT2D eigenvalue weighted by molar-refractivity contribution is 5.95. The van der Waals surface area contributed by atoms with Gasteiger partial charge in [-0.2, -0.15) is 0 Å². The van der Waals surface area contributed by atoms with Crippen molar-refractivity contribution in [3.8, 4) is 22.6 Å². The van der Waals surface area contributed by atoms with Gasteiger partial charge in [0.05, 0.1) is 5.41 Å². The Morgan fingerprint density at radius 2 is 1.69 bits per heavy atom. The van der Waals surface area contributed by atoms with E-state index in [1.165, 1.54) is 5.56 Å². The molecule has 2 aliphatic rings. The fourth-order valence-electron chi connectivity index (χ4n) is 4.53. The lowest BCUT2D eigenvalue weighted by Crippen LogP contribution is -2.22. The highest BCUT2D eigenvalue weighted by Gasteiger charge is 2.50. The average molecular weight is 428 g/mol. The Kier molecular flexibility index (Phi) is 4.97. The van der Waals surface area contributed by atoms with Crippen molar-refractivity contribution >= 4 is 11.7 Å². The zero-order valence-electron chi connectivity index (χ0n) is 18.0. The number of nitrogens with two attached hydrogens (primary N) is 1. The second kappa shape index (κ2) is 7.83. The maximum Gasteiger partial charge on any atom is 0.248 e. The second-order valence-corrected chi connectivity index (χ2v) is 8.54.